The molecule has 0 atom stereocenters. The van der Waals surface area contributed by atoms with Crippen LogP contribution in [0.25, 0.3) is 0 Å². The van der Waals surface area contributed by atoms with E-state index in [0.717, 1.165) is 10.5 Å². The van der Waals surface area contributed by atoms with E-state index in [4.69, 9.17) is 10.5 Å². The fourth-order valence-corrected chi connectivity index (χ4v) is 1.68. The van der Waals surface area contributed by atoms with E-state index in [1.165, 1.54) is 6.07 Å². The van der Waals surface area contributed by atoms with E-state index < -0.39 is 11.6 Å². The predicted octanol–water partition coefficient (Wildman–Crippen LogP) is 4.10. The Labute approximate surface area is 105 Å². The van der Waals surface area contributed by atoms with Crippen LogP contribution in [0.2, 0.25) is 0 Å². The lowest BCUT2D eigenvalue weighted by Crippen LogP contribution is -1.97. The lowest BCUT2D eigenvalue weighted by atomic mass is 10.2. The van der Waals surface area contributed by atoms with E-state index in [2.05, 4.69) is 15.9 Å². The van der Waals surface area contributed by atoms with Crippen molar-refractivity contribution in [3.63, 3.8) is 0 Å². The Hall–Kier alpha value is -1.62. The number of rotatable bonds is 2. The highest BCUT2D eigenvalue weighted by Gasteiger charge is 2.14. The average molecular weight is 300 g/mol. The molecule has 0 heterocycles. The van der Waals surface area contributed by atoms with Gasteiger partial charge >= 0.3 is 0 Å². The second kappa shape index (κ2) is 4.71. The lowest BCUT2D eigenvalue weighted by molar-refractivity contribution is 0.418. The van der Waals surface area contributed by atoms with Crippen LogP contribution in [0.4, 0.5) is 14.5 Å². The van der Waals surface area contributed by atoms with Gasteiger partial charge in [0.1, 0.15) is 5.75 Å². The summed E-state index contributed by atoms with van der Waals surface area (Å²) in [6.45, 7) is 0. The van der Waals surface area contributed by atoms with E-state index in [-0.39, 0.29) is 11.4 Å². The fourth-order valence-electron chi connectivity index (χ4n) is 1.30. The molecule has 2 rings (SSSR count). The Morgan fingerprint density at radius 2 is 1.88 bits per heavy atom. The molecule has 0 saturated carbocycles. The largest absolute Gasteiger partial charge is 0.452 e. The van der Waals surface area contributed by atoms with Crippen molar-refractivity contribution in [3.8, 4) is 11.5 Å². The molecule has 0 saturated heterocycles. The zero-order chi connectivity index (χ0) is 12.4. The molecule has 0 aliphatic carbocycles. The molecule has 17 heavy (non-hydrogen) atoms. The number of halogens is 3. The van der Waals surface area contributed by atoms with E-state index in [1.807, 2.05) is 0 Å². The molecule has 0 spiro atoms. The monoisotopic (exact) mass is 299 g/mol. The van der Waals surface area contributed by atoms with Crippen LogP contribution in [0, 0.1) is 11.6 Å². The number of benzene rings is 2. The smallest absolute Gasteiger partial charge is 0.203 e. The minimum absolute atomic E-state index is 0.0453. The van der Waals surface area contributed by atoms with Crippen LogP contribution in [0.1, 0.15) is 0 Å². The molecule has 2 N–H and O–H groups in total. The second-order valence-electron chi connectivity index (χ2n) is 3.34. The summed E-state index contributed by atoms with van der Waals surface area (Å²) >= 11 is 3.25. The van der Waals surface area contributed by atoms with Gasteiger partial charge in [-0.2, -0.15) is 4.39 Å². The maximum atomic E-state index is 13.5. The average Bonchev–Trinajstić information content (AvgIpc) is 2.30. The molecule has 5 heteroatoms. The number of ether oxygens (including phenoxy) is 1. The molecule has 0 aromatic heterocycles. The Kier molecular flexibility index (Phi) is 3.28. The number of hydrogen-bond donors (Lipinski definition) is 1. The maximum Gasteiger partial charge on any atom is 0.203 e. The van der Waals surface area contributed by atoms with Gasteiger partial charge in [0.2, 0.25) is 5.82 Å². The van der Waals surface area contributed by atoms with Crippen molar-refractivity contribution in [1.29, 1.82) is 0 Å². The zero-order valence-electron chi connectivity index (χ0n) is 8.58. The fraction of sp³-hybridized carbons (Fsp3) is 0. The highest BCUT2D eigenvalue weighted by Crippen LogP contribution is 2.32. The minimum Gasteiger partial charge on any atom is -0.452 e. The van der Waals surface area contributed by atoms with E-state index in [0.29, 0.717) is 5.75 Å². The van der Waals surface area contributed by atoms with E-state index in [9.17, 15) is 8.78 Å². The number of nitrogens with two attached hydrogens (primary N) is 1. The topological polar surface area (TPSA) is 35.2 Å². The highest BCUT2D eigenvalue weighted by atomic mass is 79.9. The van der Waals surface area contributed by atoms with Crippen LogP contribution >= 0.6 is 15.9 Å². The van der Waals surface area contributed by atoms with Gasteiger partial charge in [-0.05, 0) is 30.3 Å². The Morgan fingerprint density at radius 3 is 2.59 bits per heavy atom. The van der Waals surface area contributed by atoms with Gasteiger partial charge in [-0.25, -0.2) is 4.39 Å². The van der Waals surface area contributed by atoms with Crippen molar-refractivity contribution < 1.29 is 13.5 Å². The van der Waals surface area contributed by atoms with Crippen molar-refractivity contribution in [2.24, 2.45) is 0 Å². The molecule has 0 aliphatic heterocycles. The second-order valence-corrected chi connectivity index (χ2v) is 4.25. The number of nitrogen functional groups attached to an aromatic ring is 1. The van der Waals surface area contributed by atoms with Gasteiger partial charge in [-0.1, -0.05) is 22.0 Å². The van der Waals surface area contributed by atoms with Gasteiger partial charge in [0, 0.05) is 4.47 Å². The molecular weight excluding hydrogens is 292 g/mol. The summed E-state index contributed by atoms with van der Waals surface area (Å²) in [7, 11) is 0. The van der Waals surface area contributed by atoms with Gasteiger partial charge in [0.15, 0.2) is 11.6 Å². The summed E-state index contributed by atoms with van der Waals surface area (Å²) in [5.74, 6) is -2.02. The predicted molar refractivity (Wildman–Crippen MR) is 65.0 cm³/mol. The number of anilines is 1. The van der Waals surface area contributed by atoms with Crippen LogP contribution in [-0.2, 0) is 0 Å². The van der Waals surface area contributed by atoms with Gasteiger partial charge in [-0.3, -0.25) is 0 Å². The Bertz CT molecular complexity index is 560. The molecule has 0 radical (unpaired) electrons. The molecule has 0 bridgehead atoms. The van der Waals surface area contributed by atoms with Crippen molar-refractivity contribution in [1.82, 2.24) is 0 Å². The first kappa shape index (κ1) is 11.9. The SMILES string of the molecule is Nc1ccc(F)c(F)c1Oc1cccc(Br)c1. The molecule has 2 nitrogen and oxygen atoms in total. The summed E-state index contributed by atoms with van der Waals surface area (Å²) in [5, 5.41) is 0. The highest BCUT2D eigenvalue weighted by molar-refractivity contribution is 9.10. The van der Waals surface area contributed by atoms with Gasteiger partial charge in [0.25, 0.3) is 0 Å². The van der Waals surface area contributed by atoms with Crippen molar-refractivity contribution in [3.05, 3.63) is 52.5 Å². The normalized spacial score (nSPS) is 10.3. The van der Waals surface area contributed by atoms with E-state index >= 15 is 0 Å². The molecule has 88 valence electrons. The summed E-state index contributed by atoms with van der Waals surface area (Å²) in [6.07, 6.45) is 0. The quantitative estimate of drug-likeness (QED) is 0.847. The maximum absolute atomic E-state index is 13.5. The molecule has 2 aromatic carbocycles. The Morgan fingerprint density at radius 1 is 1.12 bits per heavy atom. The molecule has 0 fully saturated rings. The molecule has 0 aliphatic rings. The van der Waals surface area contributed by atoms with Crippen LogP contribution < -0.4 is 10.5 Å². The van der Waals surface area contributed by atoms with Crippen molar-refractivity contribution in [2.75, 3.05) is 5.73 Å². The van der Waals surface area contributed by atoms with Crippen molar-refractivity contribution in [2.45, 2.75) is 0 Å². The molecular formula is C12H8BrF2NO. The summed E-state index contributed by atoms with van der Waals surface area (Å²) in [6, 6.07) is 8.97. The molecule has 0 unspecified atom stereocenters. The first-order chi connectivity index (χ1) is 8.08. The zero-order valence-corrected chi connectivity index (χ0v) is 10.2. The third-order valence-electron chi connectivity index (χ3n) is 2.10. The summed E-state index contributed by atoms with van der Waals surface area (Å²) < 4.78 is 32.5. The van der Waals surface area contributed by atoms with Gasteiger partial charge in [-0.15, -0.1) is 0 Å². The molecule has 2 aromatic rings. The van der Waals surface area contributed by atoms with Crippen LogP contribution in [0.5, 0.6) is 11.5 Å². The lowest BCUT2D eigenvalue weighted by Gasteiger charge is -2.09. The molecule has 0 amide bonds. The number of hydrogen-bond acceptors (Lipinski definition) is 2. The van der Waals surface area contributed by atoms with Gasteiger partial charge < -0.3 is 10.5 Å². The van der Waals surface area contributed by atoms with Crippen molar-refractivity contribution >= 4 is 21.6 Å². The van der Waals surface area contributed by atoms with Crippen LogP contribution in [0.15, 0.2) is 40.9 Å². The third kappa shape index (κ3) is 2.55. The minimum atomic E-state index is -1.09. The van der Waals surface area contributed by atoms with Crippen LogP contribution in [-0.4, -0.2) is 0 Å². The van der Waals surface area contributed by atoms with Crippen LogP contribution in [0.3, 0.4) is 0 Å². The van der Waals surface area contributed by atoms with E-state index in [1.54, 1.807) is 24.3 Å². The first-order valence-electron chi connectivity index (χ1n) is 4.75. The standard InChI is InChI=1S/C12H8BrF2NO/c13-7-2-1-3-8(6-7)17-12-10(16)5-4-9(14)11(12)15/h1-6H,16H2. The summed E-state index contributed by atoms with van der Waals surface area (Å²) in [4.78, 5) is 0. The Balaban J connectivity index is 2.39. The first-order valence-corrected chi connectivity index (χ1v) is 5.54. The third-order valence-corrected chi connectivity index (χ3v) is 2.59. The summed E-state index contributed by atoms with van der Waals surface area (Å²) in [5.41, 5.74) is 5.58. The van der Waals surface area contributed by atoms with Gasteiger partial charge in [0.05, 0.1) is 5.69 Å².